The molecule has 2 aliphatic rings. The van der Waals surface area contributed by atoms with Gasteiger partial charge >= 0.3 is 0 Å². The molecule has 1 amide bonds. The van der Waals surface area contributed by atoms with E-state index in [9.17, 15) is 9.90 Å². The Kier molecular flexibility index (Phi) is 7.71. The van der Waals surface area contributed by atoms with Crippen molar-refractivity contribution in [1.82, 2.24) is 9.88 Å². The second kappa shape index (κ2) is 9.39. The molecule has 1 aromatic heterocycles. The minimum absolute atomic E-state index is 0. The Bertz CT molecular complexity index is 732. The summed E-state index contributed by atoms with van der Waals surface area (Å²) >= 11 is 1.71. The number of halogens is 2. The molecule has 2 heterocycles. The fourth-order valence-corrected chi connectivity index (χ4v) is 4.85. The molecule has 1 aromatic carbocycles. The van der Waals surface area contributed by atoms with Crippen LogP contribution < -0.4 is 10.6 Å². The average Bonchev–Trinajstić information content (AvgIpc) is 3.09. The summed E-state index contributed by atoms with van der Waals surface area (Å²) in [5, 5.41) is 10.9. The van der Waals surface area contributed by atoms with E-state index < -0.39 is 6.10 Å². The van der Waals surface area contributed by atoms with E-state index in [1.807, 2.05) is 23.1 Å². The van der Waals surface area contributed by atoms with Gasteiger partial charge in [-0.05, 0) is 31.4 Å². The summed E-state index contributed by atoms with van der Waals surface area (Å²) in [5.41, 5.74) is 6.90. The van der Waals surface area contributed by atoms with Crippen LogP contribution in [0.3, 0.4) is 0 Å². The smallest absolute Gasteiger partial charge is 0.225 e. The molecule has 1 aliphatic carbocycles. The number of para-hydroxylation sites is 1. The molecule has 3 atom stereocenters. The van der Waals surface area contributed by atoms with Crippen molar-refractivity contribution < 1.29 is 9.90 Å². The summed E-state index contributed by atoms with van der Waals surface area (Å²) in [5.74, 6) is 0.0251. The van der Waals surface area contributed by atoms with Crippen molar-refractivity contribution in [3.63, 3.8) is 0 Å². The van der Waals surface area contributed by atoms with Gasteiger partial charge in [0.15, 0.2) is 5.13 Å². The maximum absolute atomic E-state index is 12.8. The first-order valence-electron chi connectivity index (χ1n) is 8.95. The highest BCUT2D eigenvalue weighted by Crippen LogP contribution is 2.30. The second-order valence-electron chi connectivity index (χ2n) is 7.03. The first kappa shape index (κ1) is 22.2. The summed E-state index contributed by atoms with van der Waals surface area (Å²) in [6.07, 6.45) is 1.49. The number of nitrogens with two attached hydrogens (primary N) is 1. The number of hydrogen-bond acceptors (Lipinski definition) is 6. The first-order valence-corrected chi connectivity index (χ1v) is 9.76. The zero-order chi connectivity index (χ0) is 17.4. The van der Waals surface area contributed by atoms with E-state index >= 15 is 0 Å². The number of anilines is 1. The molecule has 0 radical (unpaired) electrons. The second-order valence-corrected chi connectivity index (χ2v) is 8.04. The molecule has 9 heteroatoms. The fraction of sp³-hybridized carbons (Fsp3) is 0.556. The molecule has 1 saturated heterocycles. The number of carbonyl (C=O) groups excluding carboxylic acids is 1. The minimum Gasteiger partial charge on any atom is -0.391 e. The van der Waals surface area contributed by atoms with Gasteiger partial charge in [0.2, 0.25) is 5.91 Å². The zero-order valence-corrected chi connectivity index (χ0v) is 17.4. The van der Waals surface area contributed by atoms with Crippen molar-refractivity contribution in [3.8, 4) is 0 Å². The van der Waals surface area contributed by atoms with Gasteiger partial charge in [0.25, 0.3) is 0 Å². The van der Waals surface area contributed by atoms with Crippen LogP contribution in [0.1, 0.15) is 19.3 Å². The van der Waals surface area contributed by atoms with Crippen molar-refractivity contribution in [2.24, 2.45) is 11.7 Å². The Balaban J connectivity index is 0.00000131. The van der Waals surface area contributed by atoms with Crippen molar-refractivity contribution in [1.29, 1.82) is 0 Å². The lowest BCUT2D eigenvalue weighted by Gasteiger charge is -2.24. The molecule has 2 aromatic rings. The lowest BCUT2D eigenvalue weighted by molar-refractivity contribution is -0.135. The Hall–Kier alpha value is -1.12. The third-order valence-electron chi connectivity index (χ3n) is 5.29. The number of nitrogens with zero attached hydrogens (tertiary/aromatic N) is 3. The molecular formula is C18H26Cl2N4O2S. The quantitative estimate of drug-likeness (QED) is 0.760. The third-order valence-corrected chi connectivity index (χ3v) is 6.38. The summed E-state index contributed by atoms with van der Waals surface area (Å²) in [6.45, 7) is 3.18. The molecule has 3 N–H and O–H groups in total. The molecule has 0 unspecified atom stereocenters. The number of benzene rings is 1. The summed E-state index contributed by atoms with van der Waals surface area (Å²) in [6, 6.07) is 7.92. The number of thiazole rings is 1. The average molecular weight is 433 g/mol. The van der Waals surface area contributed by atoms with E-state index in [2.05, 4.69) is 11.0 Å². The summed E-state index contributed by atoms with van der Waals surface area (Å²) in [7, 11) is 0. The molecule has 0 spiro atoms. The molecule has 150 valence electrons. The van der Waals surface area contributed by atoms with Gasteiger partial charge in [0.05, 0.1) is 16.3 Å². The van der Waals surface area contributed by atoms with Crippen LogP contribution in [-0.2, 0) is 4.79 Å². The van der Waals surface area contributed by atoms with Gasteiger partial charge in [0, 0.05) is 38.1 Å². The number of hydrogen-bond donors (Lipinski definition) is 2. The first-order chi connectivity index (χ1) is 12.1. The van der Waals surface area contributed by atoms with E-state index in [0.29, 0.717) is 19.4 Å². The van der Waals surface area contributed by atoms with Crippen LogP contribution >= 0.6 is 36.2 Å². The van der Waals surface area contributed by atoms with E-state index in [0.717, 1.165) is 36.7 Å². The van der Waals surface area contributed by atoms with Crippen LogP contribution in [-0.4, -0.2) is 59.2 Å². The number of amides is 1. The standard InChI is InChI=1S/C18H24N4O2S.2ClH/c19-13-10-12(11-15(13)23)17(24)21-6-3-7-22(9-8-21)18-20-14-4-1-2-5-16(14)25-18;;/h1-2,4-5,12-13,15,23H,3,6-11,19H2;2*1H/t12-,13-,15-;;/m0../s1. The van der Waals surface area contributed by atoms with Crippen LogP contribution in [0.5, 0.6) is 0 Å². The number of aliphatic hydroxyl groups excluding tert-OH is 1. The highest BCUT2D eigenvalue weighted by Gasteiger charge is 2.37. The van der Waals surface area contributed by atoms with Gasteiger partial charge in [-0.25, -0.2) is 4.98 Å². The van der Waals surface area contributed by atoms with Crippen LogP contribution in [0, 0.1) is 5.92 Å². The molecule has 1 aliphatic heterocycles. The molecular weight excluding hydrogens is 407 g/mol. The van der Waals surface area contributed by atoms with Gasteiger partial charge in [-0.2, -0.15) is 0 Å². The Morgan fingerprint density at radius 3 is 2.63 bits per heavy atom. The predicted molar refractivity (Wildman–Crippen MR) is 114 cm³/mol. The van der Waals surface area contributed by atoms with E-state index in [-0.39, 0.29) is 42.7 Å². The van der Waals surface area contributed by atoms with Crippen LogP contribution in [0.4, 0.5) is 5.13 Å². The number of rotatable bonds is 2. The van der Waals surface area contributed by atoms with Crippen LogP contribution in [0.2, 0.25) is 0 Å². The van der Waals surface area contributed by atoms with Gasteiger partial charge in [-0.3, -0.25) is 4.79 Å². The largest absolute Gasteiger partial charge is 0.391 e. The number of carbonyl (C=O) groups is 1. The molecule has 4 rings (SSSR count). The number of aromatic nitrogens is 1. The minimum atomic E-state index is -0.542. The molecule has 27 heavy (non-hydrogen) atoms. The molecule has 1 saturated carbocycles. The maximum Gasteiger partial charge on any atom is 0.225 e. The lowest BCUT2D eigenvalue weighted by Crippen LogP contribution is -2.38. The van der Waals surface area contributed by atoms with Gasteiger partial charge in [-0.1, -0.05) is 23.5 Å². The highest BCUT2D eigenvalue weighted by atomic mass is 35.5. The van der Waals surface area contributed by atoms with E-state index in [1.165, 1.54) is 4.70 Å². The van der Waals surface area contributed by atoms with E-state index in [4.69, 9.17) is 10.7 Å². The lowest BCUT2D eigenvalue weighted by atomic mass is 10.1. The van der Waals surface area contributed by atoms with Crippen LogP contribution in [0.25, 0.3) is 10.2 Å². The molecule has 2 fully saturated rings. The maximum atomic E-state index is 12.8. The zero-order valence-electron chi connectivity index (χ0n) is 15.0. The predicted octanol–water partition coefficient (Wildman–Crippen LogP) is 2.28. The van der Waals surface area contributed by atoms with Crippen molar-refractivity contribution in [2.75, 3.05) is 31.1 Å². The Labute approximate surface area is 175 Å². The SMILES string of the molecule is Cl.Cl.N[C@H]1C[C@H](C(=O)N2CCCN(c3nc4ccccc4s3)CC2)C[C@@H]1O. The van der Waals surface area contributed by atoms with Crippen molar-refractivity contribution in [2.45, 2.75) is 31.4 Å². The molecule has 6 nitrogen and oxygen atoms in total. The Morgan fingerprint density at radius 1 is 1.15 bits per heavy atom. The monoisotopic (exact) mass is 432 g/mol. The van der Waals surface area contributed by atoms with E-state index in [1.54, 1.807) is 11.3 Å². The molecule has 0 bridgehead atoms. The number of aliphatic hydroxyl groups is 1. The van der Waals surface area contributed by atoms with Crippen molar-refractivity contribution >= 4 is 57.4 Å². The topological polar surface area (TPSA) is 82.7 Å². The van der Waals surface area contributed by atoms with Crippen molar-refractivity contribution in [3.05, 3.63) is 24.3 Å². The summed E-state index contributed by atoms with van der Waals surface area (Å²) < 4.78 is 1.20. The van der Waals surface area contributed by atoms with Gasteiger partial charge in [0.1, 0.15) is 0 Å². The van der Waals surface area contributed by atoms with Crippen LogP contribution in [0.15, 0.2) is 24.3 Å². The Morgan fingerprint density at radius 2 is 1.93 bits per heavy atom. The summed E-state index contributed by atoms with van der Waals surface area (Å²) in [4.78, 5) is 21.7. The third kappa shape index (κ3) is 4.66. The fourth-order valence-electron chi connectivity index (χ4n) is 3.83. The highest BCUT2D eigenvalue weighted by molar-refractivity contribution is 7.22. The van der Waals surface area contributed by atoms with Gasteiger partial charge < -0.3 is 20.6 Å². The number of fused-ring (bicyclic) bond motifs is 1. The van der Waals surface area contributed by atoms with Gasteiger partial charge in [-0.15, -0.1) is 24.8 Å². The normalized spacial score (nSPS) is 25.6.